The molecule has 0 radical (unpaired) electrons. The molecule has 0 aromatic heterocycles. The lowest BCUT2D eigenvalue weighted by atomic mass is 10.2. The molecule has 0 aliphatic heterocycles. The van der Waals surface area contributed by atoms with Crippen LogP contribution in [0.2, 0.25) is 0 Å². The van der Waals surface area contributed by atoms with Crippen LogP contribution in [0.15, 0.2) is 24.3 Å². The first kappa shape index (κ1) is 16.6. The van der Waals surface area contributed by atoms with Crippen molar-refractivity contribution in [3.63, 3.8) is 0 Å². The van der Waals surface area contributed by atoms with Crippen LogP contribution >= 0.6 is 11.8 Å². The molecule has 5 heteroatoms. The number of carbonyl (C=O) groups excluding carboxylic acids is 1. The Labute approximate surface area is 124 Å². The first-order chi connectivity index (χ1) is 9.40. The lowest BCUT2D eigenvalue weighted by molar-refractivity contribution is -0.144. The van der Waals surface area contributed by atoms with Gasteiger partial charge in [0.15, 0.2) is 0 Å². The number of aryl methyl sites for hydroxylation is 1. The summed E-state index contributed by atoms with van der Waals surface area (Å²) >= 11 is 1.51. The summed E-state index contributed by atoms with van der Waals surface area (Å²) in [4.78, 5) is 24.2. The molecule has 1 rings (SSSR count). The minimum atomic E-state index is -0.976. The number of thioether (sulfide) groups is 1. The van der Waals surface area contributed by atoms with Gasteiger partial charge in [-0.2, -0.15) is 0 Å². The summed E-state index contributed by atoms with van der Waals surface area (Å²) in [5.74, 6) is -0.0398. The number of carbonyl (C=O) groups is 2. The van der Waals surface area contributed by atoms with E-state index in [9.17, 15) is 9.59 Å². The quantitative estimate of drug-likeness (QED) is 0.840. The molecule has 1 amide bonds. The third-order valence-corrected chi connectivity index (χ3v) is 3.81. The highest BCUT2D eigenvalue weighted by atomic mass is 32.2. The van der Waals surface area contributed by atoms with Gasteiger partial charge in [-0.3, -0.25) is 9.59 Å². The van der Waals surface area contributed by atoms with E-state index in [1.54, 1.807) is 0 Å². The maximum atomic E-state index is 12.0. The van der Waals surface area contributed by atoms with Gasteiger partial charge >= 0.3 is 5.97 Å². The predicted octanol–water partition coefficient (Wildman–Crippen LogP) is 2.55. The molecule has 4 nitrogen and oxygen atoms in total. The number of nitrogens with zero attached hydrogens (tertiary/aromatic N) is 1. The Bertz CT molecular complexity index is 474. The Morgan fingerprint density at radius 3 is 2.60 bits per heavy atom. The van der Waals surface area contributed by atoms with E-state index >= 15 is 0 Å². The Morgan fingerprint density at radius 1 is 1.35 bits per heavy atom. The average Bonchev–Trinajstić information content (AvgIpc) is 2.35. The molecule has 0 aliphatic rings. The van der Waals surface area contributed by atoms with Crippen molar-refractivity contribution in [3.05, 3.63) is 35.4 Å². The average molecular weight is 295 g/mol. The van der Waals surface area contributed by atoms with E-state index in [0.717, 1.165) is 5.75 Å². The number of benzene rings is 1. The monoisotopic (exact) mass is 295 g/mol. The Balaban J connectivity index is 2.47. The molecule has 0 saturated heterocycles. The molecular formula is C15H21NO3S. The van der Waals surface area contributed by atoms with Gasteiger partial charge in [0.25, 0.3) is 0 Å². The van der Waals surface area contributed by atoms with Crippen molar-refractivity contribution in [2.45, 2.75) is 32.6 Å². The van der Waals surface area contributed by atoms with Gasteiger partial charge in [0.1, 0.15) is 6.54 Å². The predicted molar refractivity (Wildman–Crippen MR) is 81.8 cm³/mol. The first-order valence-corrected chi connectivity index (χ1v) is 7.70. The number of rotatable bonds is 7. The summed E-state index contributed by atoms with van der Waals surface area (Å²) in [5.41, 5.74) is 2.38. The van der Waals surface area contributed by atoms with E-state index in [1.807, 2.05) is 39.0 Å². The number of carboxylic acids is 1. The van der Waals surface area contributed by atoms with Gasteiger partial charge in [-0.15, -0.1) is 11.8 Å². The zero-order valence-electron chi connectivity index (χ0n) is 12.1. The van der Waals surface area contributed by atoms with Crippen LogP contribution in [-0.4, -0.2) is 40.2 Å². The lowest BCUT2D eigenvalue weighted by Crippen LogP contribution is -2.41. The van der Waals surface area contributed by atoms with Gasteiger partial charge in [0, 0.05) is 11.8 Å². The van der Waals surface area contributed by atoms with Crippen molar-refractivity contribution in [2.24, 2.45) is 0 Å². The zero-order valence-corrected chi connectivity index (χ0v) is 12.9. The van der Waals surface area contributed by atoms with Crippen molar-refractivity contribution in [1.82, 2.24) is 4.90 Å². The molecule has 0 fully saturated rings. The summed E-state index contributed by atoms with van der Waals surface area (Å²) in [6.45, 7) is 5.45. The molecule has 0 spiro atoms. The summed E-state index contributed by atoms with van der Waals surface area (Å²) in [6.07, 6.45) is 0. The Kier molecular flexibility index (Phi) is 6.58. The molecule has 0 heterocycles. The summed E-state index contributed by atoms with van der Waals surface area (Å²) in [6, 6.07) is 8.06. The van der Waals surface area contributed by atoms with Crippen LogP contribution in [0.5, 0.6) is 0 Å². The fourth-order valence-corrected chi connectivity index (χ4v) is 2.70. The van der Waals surface area contributed by atoms with Crippen molar-refractivity contribution >= 4 is 23.6 Å². The van der Waals surface area contributed by atoms with Crippen molar-refractivity contribution in [2.75, 3.05) is 12.3 Å². The molecule has 0 unspecified atom stereocenters. The van der Waals surface area contributed by atoms with Gasteiger partial charge < -0.3 is 10.0 Å². The summed E-state index contributed by atoms with van der Waals surface area (Å²) in [5, 5.41) is 8.81. The smallest absolute Gasteiger partial charge is 0.323 e. The fraction of sp³-hybridized carbons (Fsp3) is 0.467. The molecule has 0 bridgehead atoms. The highest BCUT2D eigenvalue weighted by Gasteiger charge is 2.19. The second kappa shape index (κ2) is 7.94. The Morgan fingerprint density at radius 2 is 2.05 bits per heavy atom. The van der Waals surface area contributed by atoms with E-state index in [-0.39, 0.29) is 18.5 Å². The summed E-state index contributed by atoms with van der Waals surface area (Å²) < 4.78 is 0. The molecule has 0 aliphatic carbocycles. The molecule has 1 aromatic carbocycles. The van der Waals surface area contributed by atoms with Crippen LogP contribution in [0.4, 0.5) is 0 Å². The number of hydrogen-bond acceptors (Lipinski definition) is 3. The van der Waals surface area contributed by atoms with E-state index in [0.29, 0.717) is 5.75 Å². The maximum Gasteiger partial charge on any atom is 0.323 e. The van der Waals surface area contributed by atoms with Crippen molar-refractivity contribution < 1.29 is 14.7 Å². The first-order valence-electron chi connectivity index (χ1n) is 6.54. The van der Waals surface area contributed by atoms with Gasteiger partial charge in [-0.25, -0.2) is 0 Å². The summed E-state index contributed by atoms with van der Waals surface area (Å²) in [7, 11) is 0. The standard InChI is InChI=1S/C15H21NO3S/c1-11(2)16(8-15(18)19)14(17)10-20-9-13-6-4-5-12(3)7-13/h4-7,11H,8-10H2,1-3H3,(H,18,19). The zero-order chi connectivity index (χ0) is 15.1. The molecule has 1 N–H and O–H groups in total. The molecule has 0 atom stereocenters. The van der Waals surface area contributed by atoms with E-state index in [1.165, 1.54) is 27.8 Å². The topological polar surface area (TPSA) is 57.6 Å². The second-order valence-electron chi connectivity index (χ2n) is 4.99. The minimum absolute atomic E-state index is 0.0989. The van der Waals surface area contributed by atoms with Crippen LogP contribution in [0.25, 0.3) is 0 Å². The van der Waals surface area contributed by atoms with Crippen LogP contribution < -0.4 is 0 Å². The minimum Gasteiger partial charge on any atom is -0.480 e. The second-order valence-corrected chi connectivity index (χ2v) is 5.98. The fourth-order valence-electron chi connectivity index (χ4n) is 1.85. The highest BCUT2D eigenvalue weighted by Crippen LogP contribution is 2.14. The van der Waals surface area contributed by atoms with Crippen molar-refractivity contribution in [1.29, 1.82) is 0 Å². The third-order valence-electron chi connectivity index (χ3n) is 2.83. The number of hydrogen-bond donors (Lipinski definition) is 1. The SMILES string of the molecule is Cc1cccc(CSCC(=O)N(CC(=O)O)C(C)C)c1. The molecule has 110 valence electrons. The number of aliphatic carboxylic acids is 1. The van der Waals surface area contributed by atoms with Crippen LogP contribution in [-0.2, 0) is 15.3 Å². The number of amides is 1. The molecule has 1 aromatic rings. The Hall–Kier alpha value is -1.49. The van der Waals surface area contributed by atoms with Gasteiger partial charge in [0.2, 0.25) is 5.91 Å². The highest BCUT2D eigenvalue weighted by molar-refractivity contribution is 7.99. The van der Waals surface area contributed by atoms with Crippen LogP contribution in [0, 0.1) is 6.92 Å². The van der Waals surface area contributed by atoms with Crippen LogP contribution in [0.3, 0.4) is 0 Å². The molecule has 0 saturated carbocycles. The van der Waals surface area contributed by atoms with Crippen molar-refractivity contribution in [3.8, 4) is 0 Å². The van der Waals surface area contributed by atoms with Gasteiger partial charge in [-0.1, -0.05) is 29.8 Å². The van der Waals surface area contributed by atoms with Gasteiger partial charge in [0.05, 0.1) is 5.75 Å². The van der Waals surface area contributed by atoms with E-state index in [2.05, 4.69) is 6.07 Å². The largest absolute Gasteiger partial charge is 0.480 e. The third kappa shape index (κ3) is 5.65. The van der Waals surface area contributed by atoms with Crippen LogP contribution in [0.1, 0.15) is 25.0 Å². The normalized spacial score (nSPS) is 10.6. The number of carboxylic acid groups (broad SMARTS) is 1. The van der Waals surface area contributed by atoms with E-state index < -0.39 is 5.97 Å². The maximum absolute atomic E-state index is 12.0. The molecule has 20 heavy (non-hydrogen) atoms. The van der Waals surface area contributed by atoms with Gasteiger partial charge in [-0.05, 0) is 26.3 Å². The van der Waals surface area contributed by atoms with E-state index in [4.69, 9.17) is 5.11 Å². The lowest BCUT2D eigenvalue weighted by Gasteiger charge is -2.24. The molecular weight excluding hydrogens is 274 g/mol.